The van der Waals surface area contributed by atoms with Gasteiger partial charge < -0.3 is 9.80 Å². The van der Waals surface area contributed by atoms with E-state index in [9.17, 15) is 0 Å². The zero-order chi connectivity index (χ0) is 31.6. The lowest BCUT2D eigenvalue weighted by atomic mass is 9.98. The predicted octanol–water partition coefficient (Wildman–Crippen LogP) is 12.6. The van der Waals surface area contributed by atoms with Gasteiger partial charge in [-0.1, -0.05) is 109 Å². The highest BCUT2D eigenvalue weighted by atomic mass is 15.1. The normalized spacial score (nSPS) is 11.1. The molecule has 0 saturated heterocycles. The van der Waals surface area contributed by atoms with E-state index in [4.69, 9.17) is 0 Å². The summed E-state index contributed by atoms with van der Waals surface area (Å²) >= 11 is 0. The quantitative estimate of drug-likeness (QED) is 0.167. The van der Waals surface area contributed by atoms with Gasteiger partial charge in [0.15, 0.2) is 0 Å². The van der Waals surface area contributed by atoms with Crippen LogP contribution in [0, 0.1) is 0 Å². The molecule has 0 aliphatic rings. The van der Waals surface area contributed by atoms with Crippen LogP contribution in [0.4, 0.5) is 28.4 Å². The Morgan fingerprint density at radius 2 is 0.638 bits per heavy atom. The summed E-state index contributed by atoms with van der Waals surface area (Å²) in [4.78, 5) is 4.52. The van der Waals surface area contributed by atoms with Crippen LogP contribution in [0.2, 0.25) is 0 Å². The van der Waals surface area contributed by atoms with Crippen molar-refractivity contribution in [2.75, 3.05) is 16.8 Å². The molecule has 0 spiro atoms. The fourth-order valence-electron chi connectivity index (χ4n) is 6.43. The standard InChI is InChI=1S/C45H34N2/c1-46(42-26-20-35(21-27-42)38-16-17-39-30-36-10-8-9-11-37(36)31-40(39)32-38)41-24-18-33(19-25-41)34-22-28-45(29-23-34)47(43-12-4-2-5-13-43)44-14-6-3-7-15-44/h2-32H,1H3. The van der Waals surface area contributed by atoms with E-state index >= 15 is 0 Å². The van der Waals surface area contributed by atoms with Crippen molar-refractivity contribution >= 4 is 50.0 Å². The third kappa shape index (κ3) is 5.74. The lowest BCUT2D eigenvalue weighted by Gasteiger charge is -2.25. The second kappa shape index (κ2) is 12.3. The molecule has 2 nitrogen and oxygen atoms in total. The highest BCUT2D eigenvalue weighted by Gasteiger charge is 2.12. The topological polar surface area (TPSA) is 6.48 Å². The summed E-state index contributed by atoms with van der Waals surface area (Å²) in [6.07, 6.45) is 0. The first-order valence-corrected chi connectivity index (χ1v) is 16.1. The summed E-state index contributed by atoms with van der Waals surface area (Å²) in [5.41, 5.74) is 10.5. The average Bonchev–Trinajstić information content (AvgIpc) is 3.15. The van der Waals surface area contributed by atoms with E-state index in [2.05, 4.69) is 205 Å². The number of anilines is 5. The number of rotatable bonds is 7. The van der Waals surface area contributed by atoms with Crippen LogP contribution in [0.5, 0.6) is 0 Å². The van der Waals surface area contributed by atoms with E-state index in [-0.39, 0.29) is 0 Å². The van der Waals surface area contributed by atoms with E-state index < -0.39 is 0 Å². The molecular formula is C45H34N2. The van der Waals surface area contributed by atoms with Crippen molar-refractivity contribution in [2.24, 2.45) is 0 Å². The number of hydrogen-bond donors (Lipinski definition) is 0. The van der Waals surface area contributed by atoms with E-state index in [0.717, 1.165) is 28.4 Å². The van der Waals surface area contributed by atoms with Gasteiger partial charge in [0, 0.05) is 35.5 Å². The smallest absolute Gasteiger partial charge is 0.0462 e. The highest BCUT2D eigenvalue weighted by molar-refractivity contribution is 5.99. The minimum Gasteiger partial charge on any atom is -0.345 e. The molecule has 8 aromatic rings. The third-order valence-electron chi connectivity index (χ3n) is 9.03. The molecule has 0 fully saturated rings. The predicted molar refractivity (Wildman–Crippen MR) is 202 cm³/mol. The maximum absolute atomic E-state index is 2.30. The van der Waals surface area contributed by atoms with Crippen molar-refractivity contribution in [3.63, 3.8) is 0 Å². The number of nitrogens with zero attached hydrogens (tertiary/aromatic N) is 2. The zero-order valence-electron chi connectivity index (χ0n) is 26.3. The molecule has 0 aliphatic carbocycles. The second-order valence-corrected chi connectivity index (χ2v) is 12.0. The summed E-state index contributed by atoms with van der Waals surface area (Å²) in [6.45, 7) is 0. The van der Waals surface area contributed by atoms with Crippen molar-refractivity contribution in [3.8, 4) is 22.3 Å². The molecule has 2 heteroatoms. The number of hydrogen-bond acceptors (Lipinski definition) is 2. The fraction of sp³-hybridized carbons (Fsp3) is 0.0222. The molecule has 0 heterocycles. The average molecular weight is 603 g/mol. The third-order valence-corrected chi connectivity index (χ3v) is 9.03. The Kier molecular flexibility index (Phi) is 7.45. The van der Waals surface area contributed by atoms with Crippen LogP contribution < -0.4 is 9.80 Å². The summed E-state index contributed by atoms with van der Waals surface area (Å²) in [6, 6.07) is 67.4. The Balaban J connectivity index is 0.996. The lowest BCUT2D eigenvalue weighted by molar-refractivity contribution is 1.21. The van der Waals surface area contributed by atoms with Gasteiger partial charge in [-0.25, -0.2) is 0 Å². The maximum atomic E-state index is 2.30. The van der Waals surface area contributed by atoms with Crippen LogP contribution in [0.3, 0.4) is 0 Å². The molecule has 0 saturated carbocycles. The Morgan fingerprint density at radius 3 is 1.15 bits per heavy atom. The minimum atomic E-state index is 1.13. The van der Waals surface area contributed by atoms with Crippen LogP contribution >= 0.6 is 0 Å². The van der Waals surface area contributed by atoms with Crippen LogP contribution in [0.1, 0.15) is 0 Å². The van der Waals surface area contributed by atoms with Gasteiger partial charge in [-0.15, -0.1) is 0 Å². The molecule has 8 aromatic carbocycles. The summed E-state index contributed by atoms with van der Waals surface area (Å²) in [5.74, 6) is 0. The van der Waals surface area contributed by atoms with Gasteiger partial charge in [0.25, 0.3) is 0 Å². The van der Waals surface area contributed by atoms with Gasteiger partial charge >= 0.3 is 0 Å². The first-order chi connectivity index (χ1) is 23.2. The molecule has 224 valence electrons. The first kappa shape index (κ1) is 28.4. The summed E-state index contributed by atoms with van der Waals surface area (Å²) in [5, 5.41) is 5.08. The molecule has 0 atom stereocenters. The highest BCUT2D eigenvalue weighted by Crippen LogP contribution is 2.36. The molecule has 0 aliphatic heterocycles. The Bertz CT molecular complexity index is 2230. The molecule has 47 heavy (non-hydrogen) atoms. The van der Waals surface area contributed by atoms with Crippen molar-refractivity contribution in [1.82, 2.24) is 0 Å². The molecule has 0 bridgehead atoms. The molecular weight excluding hydrogens is 569 g/mol. The van der Waals surface area contributed by atoms with Gasteiger partial charge in [-0.05, 0) is 123 Å². The summed E-state index contributed by atoms with van der Waals surface area (Å²) in [7, 11) is 2.13. The SMILES string of the molecule is CN(c1ccc(-c2ccc(N(c3ccccc3)c3ccccc3)cc2)cc1)c1ccc(-c2ccc3cc4ccccc4cc3c2)cc1. The molecule has 0 N–H and O–H groups in total. The van der Waals surface area contributed by atoms with Crippen molar-refractivity contribution in [1.29, 1.82) is 0 Å². The van der Waals surface area contributed by atoms with Gasteiger partial charge in [-0.2, -0.15) is 0 Å². The van der Waals surface area contributed by atoms with Crippen LogP contribution in [0.15, 0.2) is 188 Å². The van der Waals surface area contributed by atoms with E-state index in [0.29, 0.717) is 0 Å². The van der Waals surface area contributed by atoms with E-state index in [1.54, 1.807) is 0 Å². The van der Waals surface area contributed by atoms with Gasteiger partial charge in [0.05, 0.1) is 0 Å². The minimum absolute atomic E-state index is 1.13. The monoisotopic (exact) mass is 602 g/mol. The molecule has 8 rings (SSSR count). The zero-order valence-corrected chi connectivity index (χ0v) is 26.3. The molecule has 0 unspecified atom stereocenters. The van der Waals surface area contributed by atoms with Crippen LogP contribution in [0.25, 0.3) is 43.8 Å². The number of para-hydroxylation sites is 2. The Hall–Kier alpha value is -6.12. The lowest BCUT2D eigenvalue weighted by Crippen LogP contribution is -2.09. The number of fused-ring (bicyclic) bond motifs is 2. The van der Waals surface area contributed by atoms with E-state index in [1.165, 1.54) is 43.8 Å². The molecule has 0 aromatic heterocycles. The van der Waals surface area contributed by atoms with Crippen molar-refractivity contribution in [3.05, 3.63) is 188 Å². The Labute approximate surface area is 276 Å². The largest absolute Gasteiger partial charge is 0.345 e. The fourth-order valence-corrected chi connectivity index (χ4v) is 6.43. The second-order valence-electron chi connectivity index (χ2n) is 12.0. The molecule has 0 amide bonds. The van der Waals surface area contributed by atoms with Gasteiger partial charge in [0.1, 0.15) is 0 Å². The van der Waals surface area contributed by atoms with Crippen LogP contribution in [-0.4, -0.2) is 7.05 Å². The van der Waals surface area contributed by atoms with Crippen molar-refractivity contribution < 1.29 is 0 Å². The van der Waals surface area contributed by atoms with Crippen LogP contribution in [-0.2, 0) is 0 Å². The van der Waals surface area contributed by atoms with E-state index in [1.807, 2.05) is 0 Å². The maximum Gasteiger partial charge on any atom is 0.0462 e. The van der Waals surface area contributed by atoms with Crippen molar-refractivity contribution in [2.45, 2.75) is 0 Å². The van der Waals surface area contributed by atoms with Gasteiger partial charge in [-0.3, -0.25) is 0 Å². The Morgan fingerprint density at radius 1 is 0.277 bits per heavy atom. The number of benzene rings is 8. The van der Waals surface area contributed by atoms with Gasteiger partial charge in [0.2, 0.25) is 0 Å². The summed E-state index contributed by atoms with van der Waals surface area (Å²) < 4.78 is 0. The first-order valence-electron chi connectivity index (χ1n) is 16.1. The molecule has 0 radical (unpaired) electrons.